The fraction of sp³-hybridized carbons (Fsp3) is 0.235. The van der Waals surface area contributed by atoms with Crippen molar-refractivity contribution in [1.82, 2.24) is 4.98 Å². The SMILES string of the molecule is CCC.O=C1CN(C(=O)c2ccc(Cl)nc2)c2ccccc2N1. The number of anilines is 2. The summed E-state index contributed by atoms with van der Waals surface area (Å²) in [6, 6.07) is 10.3. The summed E-state index contributed by atoms with van der Waals surface area (Å²) in [7, 11) is 0. The largest absolute Gasteiger partial charge is 0.323 e. The molecular formula is C17H18ClN3O2. The van der Waals surface area contributed by atoms with Crippen LogP contribution in [0.3, 0.4) is 0 Å². The van der Waals surface area contributed by atoms with E-state index in [0.29, 0.717) is 22.1 Å². The number of aromatic nitrogens is 1. The molecule has 1 aromatic heterocycles. The smallest absolute Gasteiger partial charge is 0.260 e. The molecule has 6 heteroatoms. The Labute approximate surface area is 140 Å². The van der Waals surface area contributed by atoms with Gasteiger partial charge < -0.3 is 5.32 Å². The third-order valence-corrected chi connectivity index (χ3v) is 3.21. The number of carbonyl (C=O) groups is 2. The second-order valence-electron chi connectivity index (χ2n) is 5.03. The van der Waals surface area contributed by atoms with Crippen molar-refractivity contribution in [2.24, 2.45) is 0 Å². The van der Waals surface area contributed by atoms with Crippen LogP contribution in [-0.2, 0) is 4.79 Å². The third kappa shape index (κ3) is 4.07. The Balaban J connectivity index is 0.000000595. The molecule has 0 saturated carbocycles. The Bertz CT molecular complexity index is 701. The highest BCUT2D eigenvalue weighted by molar-refractivity contribution is 6.29. The maximum atomic E-state index is 12.5. The van der Waals surface area contributed by atoms with Gasteiger partial charge in [-0.1, -0.05) is 44.0 Å². The number of benzene rings is 1. The van der Waals surface area contributed by atoms with E-state index in [0.717, 1.165) is 0 Å². The van der Waals surface area contributed by atoms with Gasteiger partial charge in [-0.05, 0) is 24.3 Å². The zero-order valence-electron chi connectivity index (χ0n) is 13.0. The van der Waals surface area contributed by atoms with Crippen molar-refractivity contribution < 1.29 is 9.59 Å². The number of nitrogens with zero attached hydrogens (tertiary/aromatic N) is 2. The molecule has 1 N–H and O–H groups in total. The van der Waals surface area contributed by atoms with Gasteiger partial charge in [-0.25, -0.2) is 4.98 Å². The molecule has 0 bridgehead atoms. The summed E-state index contributed by atoms with van der Waals surface area (Å²) in [6.07, 6.45) is 2.65. The monoisotopic (exact) mass is 331 g/mol. The van der Waals surface area contributed by atoms with Crippen molar-refractivity contribution in [3.63, 3.8) is 0 Å². The molecule has 3 rings (SSSR count). The lowest BCUT2D eigenvalue weighted by Gasteiger charge is -2.29. The van der Waals surface area contributed by atoms with Crippen LogP contribution >= 0.6 is 11.6 Å². The van der Waals surface area contributed by atoms with Crippen LogP contribution in [-0.4, -0.2) is 23.3 Å². The van der Waals surface area contributed by atoms with Gasteiger partial charge in [0.2, 0.25) is 5.91 Å². The van der Waals surface area contributed by atoms with Gasteiger partial charge >= 0.3 is 0 Å². The first kappa shape index (κ1) is 17.0. The molecule has 2 amide bonds. The molecule has 1 aliphatic heterocycles. The van der Waals surface area contributed by atoms with Crippen LogP contribution < -0.4 is 10.2 Å². The molecule has 1 aliphatic rings. The van der Waals surface area contributed by atoms with Crippen LogP contribution in [0, 0.1) is 0 Å². The van der Waals surface area contributed by atoms with E-state index in [-0.39, 0.29) is 18.4 Å². The summed E-state index contributed by atoms with van der Waals surface area (Å²) in [5.74, 6) is -0.504. The van der Waals surface area contributed by atoms with E-state index >= 15 is 0 Å². The van der Waals surface area contributed by atoms with Crippen molar-refractivity contribution >= 4 is 34.8 Å². The number of fused-ring (bicyclic) bond motifs is 1. The average molecular weight is 332 g/mol. The highest BCUT2D eigenvalue weighted by atomic mass is 35.5. The van der Waals surface area contributed by atoms with Crippen molar-refractivity contribution in [3.05, 3.63) is 53.3 Å². The molecule has 0 atom stereocenters. The number of pyridine rings is 1. The minimum absolute atomic E-state index is 0.0154. The van der Waals surface area contributed by atoms with Crippen LogP contribution in [0.2, 0.25) is 5.15 Å². The van der Waals surface area contributed by atoms with Crippen molar-refractivity contribution in [2.75, 3.05) is 16.8 Å². The fourth-order valence-corrected chi connectivity index (χ4v) is 2.18. The van der Waals surface area contributed by atoms with Crippen LogP contribution in [0.4, 0.5) is 11.4 Å². The molecule has 0 radical (unpaired) electrons. The molecule has 0 fully saturated rings. The van der Waals surface area contributed by atoms with Crippen LogP contribution in [0.15, 0.2) is 42.6 Å². The number of amides is 2. The summed E-state index contributed by atoms with van der Waals surface area (Å²) in [5.41, 5.74) is 1.69. The Morgan fingerprint density at radius 3 is 2.61 bits per heavy atom. The first-order chi connectivity index (χ1) is 11.1. The van der Waals surface area contributed by atoms with Crippen molar-refractivity contribution in [2.45, 2.75) is 20.3 Å². The standard InChI is InChI=1S/C14H10ClN3O2.C3H8/c15-12-6-5-9(7-16-12)14(20)18-8-13(19)17-10-3-1-2-4-11(10)18;1-3-2/h1-7H,8H2,(H,17,19);3H2,1-2H3. The van der Waals surface area contributed by atoms with E-state index in [9.17, 15) is 9.59 Å². The van der Waals surface area contributed by atoms with E-state index in [1.54, 1.807) is 30.3 Å². The van der Waals surface area contributed by atoms with E-state index in [1.165, 1.54) is 17.5 Å². The number of rotatable bonds is 1. The summed E-state index contributed by atoms with van der Waals surface area (Å²) in [4.78, 5) is 29.5. The Kier molecular flexibility index (Phi) is 5.71. The lowest BCUT2D eigenvalue weighted by atomic mass is 10.1. The van der Waals surface area contributed by atoms with Gasteiger partial charge in [0.15, 0.2) is 0 Å². The minimum Gasteiger partial charge on any atom is -0.323 e. The Hall–Kier alpha value is -2.40. The second-order valence-corrected chi connectivity index (χ2v) is 5.42. The number of hydrogen-bond donors (Lipinski definition) is 1. The van der Waals surface area contributed by atoms with Gasteiger partial charge in [0.25, 0.3) is 5.91 Å². The highest BCUT2D eigenvalue weighted by Crippen LogP contribution is 2.29. The molecule has 1 aromatic carbocycles. The molecule has 0 unspecified atom stereocenters. The highest BCUT2D eigenvalue weighted by Gasteiger charge is 2.27. The molecule has 0 saturated heterocycles. The van der Waals surface area contributed by atoms with E-state index in [1.807, 2.05) is 6.07 Å². The van der Waals surface area contributed by atoms with Crippen LogP contribution in [0.1, 0.15) is 30.6 Å². The number of nitrogens with one attached hydrogen (secondary N) is 1. The van der Waals surface area contributed by atoms with Gasteiger partial charge in [-0.2, -0.15) is 0 Å². The van der Waals surface area contributed by atoms with Crippen LogP contribution in [0.5, 0.6) is 0 Å². The molecule has 5 nitrogen and oxygen atoms in total. The third-order valence-electron chi connectivity index (χ3n) is 2.99. The van der Waals surface area contributed by atoms with Gasteiger partial charge in [-0.15, -0.1) is 0 Å². The number of para-hydroxylation sites is 2. The molecule has 0 aliphatic carbocycles. The van der Waals surface area contributed by atoms with E-state index in [2.05, 4.69) is 24.1 Å². The molecule has 2 heterocycles. The molecular weight excluding hydrogens is 314 g/mol. The van der Waals surface area contributed by atoms with Gasteiger partial charge in [-0.3, -0.25) is 14.5 Å². The first-order valence-electron chi connectivity index (χ1n) is 7.39. The molecule has 120 valence electrons. The fourth-order valence-electron chi connectivity index (χ4n) is 2.07. The lowest BCUT2D eigenvalue weighted by molar-refractivity contribution is -0.115. The zero-order chi connectivity index (χ0) is 16.8. The van der Waals surface area contributed by atoms with E-state index < -0.39 is 0 Å². The quantitative estimate of drug-likeness (QED) is 0.809. The molecule has 2 aromatic rings. The maximum Gasteiger partial charge on any atom is 0.260 e. The zero-order valence-corrected chi connectivity index (χ0v) is 13.8. The number of hydrogen-bond acceptors (Lipinski definition) is 3. The molecule has 23 heavy (non-hydrogen) atoms. The van der Waals surface area contributed by atoms with Crippen LogP contribution in [0.25, 0.3) is 0 Å². The van der Waals surface area contributed by atoms with Gasteiger partial charge in [0, 0.05) is 6.20 Å². The van der Waals surface area contributed by atoms with Gasteiger partial charge in [0.1, 0.15) is 11.7 Å². The topological polar surface area (TPSA) is 62.3 Å². The average Bonchev–Trinajstić information content (AvgIpc) is 2.55. The van der Waals surface area contributed by atoms with Crippen molar-refractivity contribution in [3.8, 4) is 0 Å². The summed E-state index contributed by atoms with van der Waals surface area (Å²) in [5, 5.41) is 3.05. The lowest BCUT2D eigenvalue weighted by Crippen LogP contribution is -2.42. The molecule has 0 spiro atoms. The predicted octanol–water partition coefficient (Wildman–Crippen LogP) is 3.75. The number of halogens is 1. The summed E-state index contributed by atoms with van der Waals surface area (Å²) in [6.45, 7) is 4.23. The second kappa shape index (κ2) is 7.74. The first-order valence-corrected chi connectivity index (χ1v) is 7.76. The minimum atomic E-state index is -0.281. The maximum absolute atomic E-state index is 12.5. The number of carbonyl (C=O) groups excluding carboxylic acids is 2. The van der Waals surface area contributed by atoms with Crippen molar-refractivity contribution in [1.29, 1.82) is 0 Å². The Morgan fingerprint density at radius 2 is 1.96 bits per heavy atom. The summed E-state index contributed by atoms with van der Waals surface area (Å²) < 4.78 is 0. The van der Waals surface area contributed by atoms with E-state index in [4.69, 9.17) is 11.6 Å². The normalized spacial score (nSPS) is 12.7. The predicted molar refractivity (Wildman–Crippen MR) is 92.0 cm³/mol. The van der Waals surface area contributed by atoms with Gasteiger partial charge in [0.05, 0.1) is 16.9 Å². The Morgan fingerprint density at radius 1 is 1.26 bits per heavy atom. The summed E-state index contributed by atoms with van der Waals surface area (Å²) >= 11 is 5.71.